The van der Waals surface area contributed by atoms with Gasteiger partial charge in [0.2, 0.25) is 0 Å². The number of fused-ring (bicyclic) bond motifs is 13. The zero-order valence-corrected chi connectivity index (χ0v) is 31.3. The normalized spacial score (nSPS) is 12.1. The summed E-state index contributed by atoms with van der Waals surface area (Å²) in [5.41, 5.74) is 10.9. The highest BCUT2D eigenvalue weighted by molar-refractivity contribution is 6.28. The highest BCUT2D eigenvalue weighted by Crippen LogP contribution is 2.46. The van der Waals surface area contributed by atoms with Crippen molar-refractivity contribution < 1.29 is 8.83 Å². The van der Waals surface area contributed by atoms with Crippen LogP contribution in [0.2, 0.25) is 0 Å². The fourth-order valence-corrected chi connectivity index (χ4v) is 9.79. The van der Waals surface area contributed by atoms with Crippen LogP contribution in [0.1, 0.15) is 0 Å². The van der Waals surface area contributed by atoms with Crippen LogP contribution in [0.3, 0.4) is 0 Å². The Kier molecular flexibility index (Phi) is 6.47. The molecule has 2 heterocycles. The lowest BCUT2D eigenvalue weighted by atomic mass is 9.84. The molecule has 2 heteroatoms. The maximum atomic E-state index is 6.58. The zero-order valence-electron chi connectivity index (χ0n) is 31.3. The van der Waals surface area contributed by atoms with Crippen LogP contribution >= 0.6 is 0 Å². The molecule has 0 saturated heterocycles. The fourth-order valence-electron chi connectivity index (χ4n) is 9.79. The largest absolute Gasteiger partial charge is 0.456 e. The van der Waals surface area contributed by atoms with Gasteiger partial charge in [0, 0.05) is 26.9 Å². The summed E-state index contributed by atoms with van der Waals surface area (Å²) in [6.07, 6.45) is 0. The van der Waals surface area contributed by atoms with Gasteiger partial charge in [-0.05, 0) is 124 Å². The highest BCUT2D eigenvalue weighted by Gasteiger charge is 2.20. The average Bonchev–Trinajstić information content (AvgIpc) is 3.86. The molecule has 0 bridgehead atoms. The fraction of sp³-hybridized carbons (Fsp3) is 0. The van der Waals surface area contributed by atoms with E-state index in [-0.39, 0.29) is 0 Å². The summed E-state index contributed by atoms with van der Waals surface area (Å²) >= 11 is 0. The molecule has 58 heavy (non-hydrogen) atoms. The summed E-state index contributed by atoms with van der Waals surface area (Å²) in [4.78, 5) is 0. The van der Waals surface area contributed by atoms with Gasteiger partial charge in [0.15, 0.2) is 0 Å². The quantitative estimate of drug-likeness (QED) is 0.169. The van der Waals surface area contributed by atoms with Crippen LogP contribution in [0.25, 0.3) is 131 Å². The predicted molar refractivity (Wildman–Crippen MR) is 245 cm³/mol. The van der Waals surface area contributed by atoms with Crippen molar-refractivity contribution in [2.24, 2.45) is 0 Å². The monoisotopic (exact) mass is 736 g/mol. The van der Waals surface area contributed by atoms with E-state index in [2.05, 4.69) is 182 Å². The molecule has 0 aliphatic carbocycles. The first-order valence-corrected chi connectivity index (χ1v) is 19.9. The van der Waals surface area contributed by atoms with E-state index < -0.39 is 0 Å². The number of rotatable bonds is 3. The molecule has 0 spiro atoms. The van der Waals surface area contributed by atoms with Crippen molar-refractivity contribution >= 4 is 97.7 Å². The van der Waals surface area contributed by atoms with Crippen LogP contribution in [0.4, 0.5) is 0 Å². The molecule has 13 rings (SSSR count). The Bertz CT molecular complexity index is 3800. The van der Waals surface area contributed by atoms with Crippen molar-refractivity contribution in [1.82, 2.24) is 0 Å². The second-order valence-corrected chi connectivity index (χ2v) is 15.5. The van der Waals surface area contributed by atoms with Crippen LogP contribution in [-0.4, -0.2) is 0 Å². The van der Waals surface area contributed by atoms with Gasteiger partial charge >= 0.3 is 0 Å². The molecule has 2 nitrogen and oxygen atoms in total. The second kappa shape index (κ2) is 11.9. The Labute approximate surface area is 332 Å². The molecule has 0 unspecified atom stereocenters. The Morgan fingerprint density at radius 1 is 0.259 bits per heavy atom. The first-order valence-electron chi connectivity index (χ1n) is 19.9. The summed E-state index contributed by atoms with van der Waals surface area (Å²) < 4.78 is 13.1. The third-order valence-electron chi connectivity index (χ3n) is 12.4. The van der Waals surface area contributed by atoms with Gasteiger partial charge in [-0.25, -0.2) is 0 Å². The van der Waals surface area contributed by atoms with E-state index in [0.717, 1.165) is 65.8 Å². The van der Waals surface area contributed by atoms with Gasteiger partial charge < -0.3 is 8.83 Å². The third-order valence-corrected chi connectivity index (χ3v) is 12.4. The maximum absolute atomic E-state index is 6.58. The second-order valence-electron chi connectivity index (χ2n) is 15.5. The topological polar surface area (TPSA) is 26.3 Å². The van der Waals surface area contributed by atoms with Crippen molar-refractivity contribution in [3.05, 3.63) is 194 Å². The number of para-hydroxylation sites is 1. The number of hydrogen-bond donors (Lipinski definition) is 0. The van der Waals surface area contributed by atoms with Crippen LogP contribution < -0.4 is 0 Å². The van der Waals surface area contributed by atoms with Gasteiger partial charge in [0.1, 0.15) is 22.3 Å². The minimum Gasteiger partial charge on any atom is -0.456 e. The first-order chi connectivity index (χ1) is 28.7. The van der Waals surface area contributed by atoms with Gasteiger partial charge in [-0.2, -0.15) is 0 Å². The predicted octanol–water partition coefficient (Wildman–Crippen LogP) is 16.3. The number of benzene rings is 11. The van der Waals surface area contributed by atoms with E-state index in [4.69, 9.17) is 8.83 Å². The Hall–Kier alpha value is -7.68. The minimum atomic E-state index is 0.865. The Morgan fingerprint density at radius 2 is 0.828 bits per heavy atom. The van der Waals surface area contributed by atoms with Crippen molar-refractivity contribution in [3.63, 3.8) is 0 Å². The lowest BCUT2D eigenvalue weighted by Crippen LogP contribution is -1.91. The minimum absolute atomic E-state index is 0.865. The molecule has 268 valence electrons. The summed E-state index contributed by atoms with van der Waals surface area (Å²) in [6.45, 7) is 0. The molecule has 0 amide bonds. The van der Waals surface area contributed by atoms with Gasteiger partial charge in [-0.3, -0.25) is 0 Å². The summed E-state index contributed by atoms with van der Waals surface area (Å²) in [6, 6.07) is 70.4. The molecule has 0 aliphatic rings. The number of hydrogen-bond acceptors (Lipinski definition) is 2. The van der Waals surface area contributed by atoms with Crippen molar-refractivity contribution in [2.45, 2.75) is 0 Å². The smallest absolute Gasteiger partial charge is 0.144 e. The summed E-state index contributed by atoms with van der Waals surface area (Å²) in [5.74, 6) is 0. The molecule has 11 aromatic carbocycles. The lowest BCUT2D eigenvalue weighted by Gasteiger charge is -2.19. The van der Waals surface area contributed by atoms with Gasteiger partial charge in [0.25, 0.3) is 0 Å². The van der Waals surface area contributed by atoms with Gasteiger partial charge in [-0.1, -0.05) is 152 Å². The zero-order chi connectivity index (χ0) is 37.9. The Morgan fingerprint density at radius 3 is 1.62 bits per heavy atom. The van der Waals surface area contributed by atoms with E-state index in [1.165, 1.54) is 65.3 Å². The van der Waals surface area contributed by atoms with Gasteiger partial charge in [0.05, 0.1) is 0 Å². The van der Waals surface area contributed by atoms with Crippen LogP contribution in [0.15, 0.2) is 203 Å². The van der Waals surface area contributed by atoms with Crippen LogP contribution in [-0.2, 0) is 0 Å². The van der Waals surface area contributed by atoms with Crippen molar-refractivity contribution in [2.75, 3.05) is 0 Å². The van der Waals surface area contributed by atoms with E-state index >= 15 is 0 Å². The molecule has 13 aromatic rings. The SMILES string of the molecule is c1ccc2c(-c3c4ccccc4c(-c4ccc5cc(-c6ccc7c(c6)oc6ccc8ccc9c%10ccccc%10oc9c8c67)ccc5c4)c4ccccc34)cccc2c1. The van der Waals surface area contributed by atoms with E-state index in [1.54, 1.807) is 0 Å². The number of furan rings is 2. The summed E-state index contributed by atoms with van der Waals surface area (Å²) in [7, 11) is 0. The molecule has 2 aromatic heterocycles. The molecule has 0 atom stereocenters. The molecule has 0 N–H and O–H groups in total. The van der Waals surface area contributed by atoms with Crippen LogP contribution in [0, 0.1) is 0 Å². The Balaban J connectivity index is 0.943. The molecular weight excluding hydrogens is 705 g/mol. The molecule has 0 saturated carbocycles. The molecular formula is C56H32O2. The molecule has 0 aliphatic heterocycles. The maximum Gasteiger partial charge on any atom is 0.144 e. The van der Waals surface area contributed by atoms with Crippen molar-refractivity contribution in [3.8, 4) is 33.4 Å². The summed E-state index contributed by atoms with van der Waals surface area (Å²) in [5, 5.41) is 16.7. The van der Waals surface area contributed by atoms with E-state index in [9.17, 15) is 0 Å². The molecule has 0 fully saturated rings. The third kappa shape index (κ3) is 4.48. The average molecular weight is 737 g/mol. The van der Waals surface area contributed by atoms with Crippen molar-refractivity contribution in [1.29, 1.82) is 0 Å². The molecule has 0 radical (unpaired) electrons. The van der Waals surface area contributed by atoms with E-state index in [1.807, 2.05) is 12.1 Å². The van der Waals surface area contributed by atoms with E-state index in [0.29, 0.717) is 0 Å². The first kappa shape index (κ1) is 31.5. The lowest BCUT2D eigenvalue weighted by molar-refractivity contribution is 0.668. The standard InChI is InChI=1S/C56H32O2/c1-2-12-40-33(10-1)11-9-18-42(40)54-45-16-5-3-14-43(45)52(44-15-4-6-17-46(44)54)39-23-22-35-30-36(20-21-37(35)31-39)38-25-28-48-51(32-38)57-50-29-26-34-24-27-47-41-13-7-8-19-49(41)58-56(47)53(34)55(48)50/h1-32H. The van der Waals surface area contributed by atoms with Crippen LogP contribution in [0.5, 0.6) is 0 Å². The highest BCUT2D eigenvalue weighted by atomic mass is 16.3. The van der Waals surface area contributed by atoms with Gasteiger partial charge in [-0.15, -0.1) is 0 Å².